The average Bonchev–Trinajstić information content (AvgIpc) is 2.36. The van der Waals surface area contributed by atoms with Crippen LogP contribution in [0.15, 0.2) is 0 Å². The number of nitrogens with one attached hydrogen (secondary N) is 1. The molecule has 3 amide bonds. The molecule has 2 aliphatic heterocycles. The van der Waals surface area contributed by atoms with Crippen LogP contribution >= 0.6 is 0 Å². The highest BCUT2D eigenvalue weighted by Crippen LogP contribution is 2.21. The van der Waals surface area contributed by atoms with Crippen LogP contribution in [-0.2, 0) is 24.4 Å². The first-order valence-corrected chi connectivity index (χ1v) is 8.19. The van der Waals surface area contributed by atoms with Gasteiger partial charge in [0.2, 0.25) is 27.7 Å². The normalized spacial score (nSPS) is 25.4. The topological polar surface area (TPSA) is 104 Å². The maximum Gasteiger partial charge on any atom is 0.246 e. The first-order chi connectivity index (χ1) is 9.27. The van der Waals surface area contributed by atoms with E-state index in [9.17, 15) is 22.8 Å². The summed E-state index contributed by atoms with van der Waals surface area (Å²) in [6, 6.07) is 0. The Balaban J connectivity index is 2.05. The molecule has 0 radical (unpaired) electrons. The molecule has 0 aromatic heterocycles. The lowest BCUT2D eigenvalue weighted by atomic mass is 9.98. The van der Waals surface area contributed by atoms with Gasteiger partial charge in [0.05, 0.1) is 12.2 Å². The van der Waals surface area contributed by atoms with Gasteiger partial charge in [-0.3, -0.25) is 19.7 Å². The van der Waals surface area contributed by atoms with E-state index in [0.717, 1.165) is 6.26 Å². The van der Waals surface area contributed by atoms with E-state index in [1.807, 2.05) is 0 Å². The van der Waals surface area contributed by atoms with Gasteiger partial charge >= 0.3 is 0 Å². The number of piperidine rings is 1. The Morgan fingerprint density at radius 2 is 1.85 bits per heavy atom. The summed E-state index contributed by atoms with van der Waals surface area (Å²) in [7, 11) is -3.33. The summed E-state index contributed by atoms with van der Waals surface area (Å²) >= 11 is 0. The number of hydrogen-bond acceptors (Lipinski definition) is 5. The lowest BCUT2D eigenvalue weighted by Crippen LogP contribution is -2.56. The zero-order valence-electron chi connectivity index (χ0n) is 11.2. The van der Waals surface area contributed by atoms with Gasteiger partial charge in [0.1, 0.15) is 13.1 Å². The number of sulfonamides is 1. The molecule has 0 aliphatic carbocycles. The van der Waals surface area contributed by atoms with Crippen LogP contribution in [0.1, 0.15) is 12.8 Å². The number of amides is 3. The van der Waals surface area contributed by atoms with Crippen molar-refractivity contribution >= 4 is 27.7 Å². The number of imide groups is 1. The average molecular weight is 303 g/mol. The molecular weight excluding hydrogens is 286 g/mol. The molecule has 20 heavy (non-hydrogen) atoms. The van der Waals surface area contributed by atoms with Crippen LogP contribution in [0.4, 0.5) is 0 Å². The van der Waals surface area contributed by atoms with E-state index in [-0.39, 0.29) is 25.5 Å². The molecule has 1 unspecified atom stereocenters. The van der Waals surface area contributed by atoms with Gasteiger partial charge in [-0.2, -0.15) is 0 Å². The summed E-state index contributed by atoms with van der Waals surface area (Å²) in [5, 5.41) is 2.12. The quantitative estimate of drug-likeness (QED) is 0.603. The molecule has 8 nitrogen and oxygen atoms in total. The van der Waals surface area contributed by atoms with Gasteiger partial charge in [0.25, 0.3) is 0 Å². The third-order valence-corrected chi connectivity index (χ3v) is 4.73. The van der Waals surface area contributed by atoms with Gasteiger partial charge in [-0.25, -0.2) is 12.7 Å². The van der Waals surface area contributed by atoms with Gasteiger partial charge < -0.3 is 4.90 Å². The zero-order chi connectivity index (χ0) is 14.9. The summed E-state index contributed by atoms with van der Waals surface area (Å²) in [6.07, 6.45) is 2.27. The molecule has 2 aliphatic rings. The molecule has 0 aromatic carbocycles. The lowest BCUT2D eigenvalue weighted by Gasteiger charge is -2.34. The monoisotopic (exact) mass is 303 g/mol. The van der Waals surface area contributed by atoms with E-state index in [4.69, 9.17) is 0 Å². The fourth-order valence-corrected chi connectivity index (χ4v) is 3.41. The number of nitrogens with zero attached hydrogens (tertiary/aromatic N) is 2. The standard InChI is InChI=1S/C11H17N3O5S/c1-20(18,19)14-4-2-3-8(5-14)11(17)13-6-9(15)12-10(16)7-13/h8H,2-7H2,1H3,(H,12,15,16). The Labute approximate surface area is 117 Å². The molecule has 0 bridgehead atoms. The highest BCUT2D eigenvalue weighted by atomic mass is 32.2. The van der Waals surface area contributed by atoms with Crippen LogP contribution < -0.4 is 5.32 Å². The Kier molecular flexibility index (Phi) is 4.09. The van der Waals surface area contributed by atoms with E-state index in [1.54, 1.807) is 0 Å². The highest BCUT2D eigenvalue weighted by Gasteiger charge is 2.35. The minimum Gasteiger partial charge on any atom is -0.324 e. The second-order valence-corrected chi connectivity index (χ2v) is 7.11. The second kappa shape index (κ2) is 5.49. The first kappa shape index (κ1) is 14.9. The van der Waals surface area contributed by atoms with Crippen molar-refractivity contribution in [3.05, 3.63) is 0 Å². The van der Waals surface area contributed by atoms with Crippen LogP contribution in [-0.4, -0.2) is 67.8 Å². The van der Waals surface area contributed by atoms with Crippen LogP contribution in [0.25, 0.3) is 0 Å². The van der Waals surface area contributed by atoms with Crippen molar-refractivity contribution in [3.63, 3.8) is 0 Å². The molecule has 9 heteroatoms. The van der Waals surface area contributed by atoms with Crippen molar-refractivity contribution in [1.29, 1.82) is 0 Å². The van der Waals surface area contributed by atoms with E-state index in [2.05, 4.69) is 5.32 Å². The van der Waals surface area contributed by atoms with Crippen molar-refractivity contribution in [3.8, 4) is 0 Å². The minimum absolute atomic E-state index is 0.115. The van der Waals surface area contributed by atoms with E-state index in [0.29, 0.717) is 19.4 Å². The summed E-state index contributed by atoms with van der Waals surface area (Å²) in [4.78, 5) is 36.0. The van der Waals surface area contributed by atoms with Crippen molar-refractivity contribution in [2.75, 3.05) is 32.4 Å². The lowest BCUT2D eigenvalue weighted by molar-refractivity contribution is -0.148. The number of piperazine rings is 1. The minimum atomic E-state index is -3.33. The molecular formula is C11H17N3O5S. The SMILES string of the molecule is CS(=O)(=O)N1CCCC(C(=O)N2CC(=O)NC(=O)C2)C1. The number of hydrogen-bond donors (Lipinski definition) is 1. The Bertz CT molecular complexity index is 528. The van der Waals surface area contributed by atoms with Crippen LogP contribution in [0.2, 0.25) is 0 Å². The Morgan fingerprint density at radius 1 is 1.25 bits per heavy atom. The number of carbonyl (C=O) groups is 3. The smallest absolute Gasteiger partial charge is 0.246 e. The molecule has 2 heterocycles. The number of carbonyl (C=O) groups excluding carboxylic acids is 3. The van der Waals surface area contributed by atoms with Gasteiger partial charge in [0.15, 0.2) is 0 Å². The van der Waals surface area contributed by atoms with Gasteiger partial charge in [-0.05, 0) is 12.8 Å². The van der Waals surface area contributed by atoms with Gasteiger partial charge in [0, 0.05) is 13.1 Å². The van der Waals surface area contributed by atoms with E-state index in [1.165, 1.54) is 9.21 Å². The molecule has 0 saturated carbocycles. The largest absolute Gasteiger partial charge is 0.324 e. The zero-order valence-corrected chi connectivity index (χ0v) is 12.0. The molecule has 0 aromatic rings. The second-order valence-electron chi connectivity index (χ2n) is 5.13. The third-order valence-electron chi connectivity index (χ3n) is 3.46. The fourth-order valence-electron chi connectivity index (χ4n) is 2.50. The van der Waals surface area contributed by atoms with Gasteiger partial charge in [-0.1, -0.05) is 0 Å². The maximum atomic E-state index is 12.3. The predicted octanol–water partition coefficient (Wildman–Crippen LogP) is -1.86. The molecule has 2 rings (SSSR count). The molecule has 0 spiro atoms. The van der Waals surface area contributed by atoms with Crippen molar-refractivity contribution in [1.82, 2.24) is 14.5 Å². The van der Waals surface area contributed by atoms with Crippen LogP contribution in [0, 0.1) is 5.92 Å². The van der Waals surface area contributed by atoms with Crippen molar-refractivity contribution < 1.29 is 22.8 Å². The van der Waals surface area contributed by atoms with Crippen LogP contribution in [0.5, 0.6) is 0 Å². The highest BCUT2D eigenvalue weighted by molar-refractivity contribution is 7.88. The van der Waals surface area contributed by atoms with Gasteiger partial charge in [-0.15, -0.1) is 0 Å². The summed E-state index contributed by atoms with van der Waals surface area (Å²) in [5.41, 5.74) is 0. The van der Waals surface area contributed by atoms with Crippen LogP contribution in [0.3, 0.4) is 0 Å². The Morgan fingerprint density at radius 3 is 2.40 bits per heavy atom. The summed E-state index contributed by atoms with van der Waals surface area (Å²) < 4.78 is 24.3. The molecule has 112 valence electrons. The first-order valence-electron chi connectivity index (χ1n) is 6.34. The van der Waals surface area contributed by atoms with E-state index >= 15 is 0 Å². The molecule has 1 N–H and O–H groups in total. The maximum absolute atomic E-state index is 12.3. The van der Waals surface area contributed by atoms with Crippen molar-refractivity contribution in [2.24, 2.45) is 5.92 Å². The summed E-state index contributed by atoms with van der Waals surface area (Å²) in [6.45, 7) is 0.214. The molecule has 2 fully saturated rings. The van der Waals surface area contributed by atoms with Crippen molar-refractivity contribution in [2.45, 2.75) is 12.8 Å². The Hall–Kier alpha value is -1.48. The predicted molar refractivity (Wildman–Crippen MR) is 68.9 cm³/mol. The summed E-state index contributed by atoms with van der Waals surface area (Å²) in [5.74, 6) is -1.84. The third kappa shape index (κ3) is 3.34. The molecule has 1 atom stereocenters. The molecule has 2 saturated heterocycles. The fraction of sp³-hybridized carbons (Fsp3) is 0.727. The van der Waals surface area contributed by atoms with E-state index < -0.39 is 27.8 Å². The number of rotatable bonds is 2.